The topological polar surface area (TPSA) is 94.2 Å². The molecule has 0 unspecified atom stereocenters. The minimum absolute atomic E-state index is 0.0634. The first-order valence-corrected chi connectivity index (χ1v) is 9.66. The zero-order valence-corrected chi connectivity index (χ0v) is 15.0. The van der Waals surface area contributed by atoms with E-state index >= 15 is 0 Å². The summed E-state index contributed by atoms with van der Waals surface area (Å²) in [4.78, 5) is 12.5. The molecule has 8 nitrogen and oxygen atoms in total. The summed E-state index contributed by atoms with van der Waals surface area (Å²) in [6.07, 6.45) is 0. The lowest BCUT2D eigenvalue weighted by atomic mass is 10.1. The SMILES string of the molecule is CN(C)S(=O)(=O)C[C@@H]1COC[C@H]1NC(=O)c1ccc2c(c1)OCCO2. The molecule has 1 saturated heterocycles. The van der Waals surface area contributed by atoms with Crippen LogP contribution in [0.25, 0.3) is 0 Å². The molecule has 0 aromatic heterocycles. The molecule has 0 radical (unpaired) electrons. The van der Waals surface area contributed by atoms with Gasteiger partial charge in [0.05, 0.1) is 25.0 Å². The lowest BCUT2D eigenvalue weighted by Crippen LogP contribution is -2.43. The smallest absolute Gasteiger partial charge is 0.251 e. The maximum atomic E-state index is 12.5. The molecule has 0 saturated carbocycles. The van der Waals surface area contributed by atoms with E-state index in [1.807, 2.05) is 0 Å². The summed E-state index contributed by atoms with van der Waals surface area (Å²) in [5, 5.41) is 2.87. The minimum Gasteiger partial charge on any atom is -0.486 e. The fourth-order valence-electron chi connectivity index (χ4n) is 2.78. The van der Waals surface area contributed by atoms with Crippen molar-refractivity contribution in [3.63, 3.8) is 0 Å². The van der Waals surface area contributed by atoms with E-state index < -0.39 is 10.0 Å². The van der Waals surface area contributed by atoms with Crippen LogP contribution in [0.5, 0.6) is 11.5 Å². The second kappa shape index (κ2) is 7.19. The molecule has 138 valence electrons. The van der Waals surface area contributed by atoms with Gasteiger partial charge in [0.15, 0.2) is 11.5 Å². The van der Waals surface area contributed by atoms with Crippen molar-refractivity contribution >= 4 is 15.9 Å². The molecule has 1 amide bonds. The van der Waals surface area contributed by atoms with Crippen molar-refractivity contribution in [2.75, 3.05) is 46.3 Å². The number of carbonyl (C=O) groups is 1. The second-order valence-electron chi connectivity index (χ2n) is 6.30. The van der Waals surface area contributed by atoms with Gasteiger partial charge in [-0.3, -0.25) is 4.79 Å². The molecule has 1 aromatic carbocycles. The normalized spacial score (nSPS) is 22.8. The predicted octanol–water partition coefficient (Wildman–Crippen LogP) is 0.0940. The van der Waals surface area contributed by atoms with E-state index in [4.69, 9.17) is 14.2 Å². The lowest BCUT2D eigenvalue weighted by molar-refractivity contribution is 0.0924. The molecule has 1 aromatic rings. The molecular weight excluding hydrogens is 348 g/mol. The lowest BCUT2D eigenvalue weighted by Gasteiger charge is -2.22. The number of fused-ring (bicyclic) bond motifs is 1. The molecular formula is C16H22N2O6S. The van der Waals surface area contributed by atoms with Gasteiger partial charge in [-0.1, -0.05) is 0 Å². The third-order valence-corrected chi connectivity index (χ3v) is 6.26. The summed E-state index contributed by atoms with van der Waals surface area (Å²) in [5.41, 5.74) is 0.436. The Hall–Kier alpha value is -1.84. The second-order valence-corrected chi connectivity index (χ2v) is 8.52. The predicted molar refractivity (Wildman–Crippen MR) is 90.5 cm³/mol. The van der Waals surface area contributed by atoms with Gasteiger partial charge in [-0.05, 0) is 18.2 Å². The number of nitrogens with zero attached hydrogens (tertiary/aromatic N) is 1. The summed E-state index contributed by atoms with van der Waals surface area (Å²) >= 11 is 0. The summed E-state index contributed by atoms with van der Waals surface area (Å²) < 4.78 is 41.6. The molecule has 3 rings (SSSR count). The van der Waals surface area contributed by atoms with Crippen molar-refractivity contribution in [2.24, 2.45) is 5.92 Å². The third-order valence-electron chi connectivity index (χ3n) is 4.30. The summed E-state index contributed by atoms with van der Waals surface area (Å²) in [6, 6.07) is 4.63. The van der Waals surface area contributed by atoms with Crippen LogP contribution in [0.3, 0.4) is 0 Å². The Morgan fingerprint density at radius 1 is 1.20 bits per heavy atom. The molecule has 2 aliphatic heterocycles. The van der Waals surface area contributed by atoms with Crippen molar-refractivity contribution < 1.29 is 27.4 Å². The first kappa shape index (κ1) is 18.0. The van der Waals surface area contributed by atoms with E-state index in [9.17, 15) is 13.2 Å². The molecule has 9 heteroatoms. The zero-order valence-electron chi connectivity index (χ0n) is 14.2. The average Bonchev–Trinajstić information content (AvgIpc) is 3.00. The Labute approximate surface area is 147 Å². The number of carbonyl (C=O) groups excluding carboxylic acids is 1. The summed E-state index contributed by atoms with van der Waals surface area (Å²) in [5.74, 6) is 0.509. The van der Waals surface area contributed by atoms with E-state index in [0.717, 1.165) is 0 Å². The fraction of sp³-hybridized carbons (Fsp3) is 0.562. The van der Waals surface area contributed by atoms with Gasteiger partial charge in [0.2, 0.25) is 10.0 Å². The van der Waals surface area contributed by atoms with Crippen LogP contribution in [0, 0.1) is 5.92 Å². The van der Waals surface area contributed by atoms with Crippen LogP contribution in [-0.4, -0.2) is 70.9 Å². The van der Waals surface area contributed by atoms with Crippen molar-refractivity contribution in [3.8, 4) is 11.5 Å². The number of rotatable bonds is 5. The van der Waals surface area contributed by atoms with E-state index in [2.05, 4.69) is 5.32 Å². The first-order valence-electron chi connectivity index (χ1n) is 8.05. The maximum absolute atomic E-state index is 12.5. The number of sulfonamides is 1. The first-order chi connectivity index (χ1) is 11.9. The van der Waals surface area contributed by atoms with Crippen LogP contribution in [-0.2, 0) is 14.8 Å². The number of nitrogens with one attached hydrogen (secondary N) is 1. The fourth-order valence-corrected chi connectivity index (χ4v) is 3.95. The Balaban J connectivity index is 1.67. The van der Waals surface area contributed by atoms with Crippen LogP contribution >= 0.6 is 0 Å². The van der Waals surface area contributed by atoms with Crippen LogP contribution < -0.4 is 14.8 Å². The average molecular weight is 370 g/mol. The Kier molecular flexibility index (Phi) is 5.16. The van der Waals surface area contributed by atoms with Crippen LogP contribution in [0.4, 0.5) is 0 Å². The van der Waals surface area contributed by atoms with Gasteiger partial charge in [-0.25, -0.2) is 12.7 Å². The Bertz CT molecular complexity index is 749. The molecule has 1 N–H and O–H groups in total. The highest BCUT2D eigenvalue weighted by atomic mass is 32.2. The van der Waals surface area contributed by atoms with Gasteiger partial charge in [0, 0.05) is 25.6 Å². The van der Waals surface area contributed by atoms with Gasteiger partial charge in [-0.2, -0.15) is 0 Å². The Morgan fingerprint density at radius 3 is 2.64 bits per heavy atom. The van der Waals surface area contributed by atoms with E-state index in [1.165, 1.54) is 18.4 Å². The van der Waals surface area contributed by atoms with E-state index in [-0.39, 0.29) is 23.6 Å². The largest absolute Gasteiger partial charge is 0.486 e. The Morgan fingerprint density at radius 2 is 1.92 bits per heavy atom. The zero-order chi connectivity index (χ0) is 18.0. The number of benzene rings is 1. The number of hydrogen-bond donors (Lipinski definition) is 1. The number of ether oxygens (including phenoxy) is 3. The van der Waals surface area contributed by atoms with Crippen LogP contribution in [0.2, 0.25) is 0 Å². The molecule has 2 aliphatic rings. The molecule has 1 fully saturated rings. The van der Waals surface area contributed by atoms with Crippen molar-refractivity contribution in [1.29, 1.82) is 0 Å². The van der Waals surface area contributed by atoms with Crippen LogP contribution in [0.15, 0.2) is 18.2 Å². The highest BCUT2D eigenvalue weighted by Gasteiger charge is 2.34. The van der Waals surface area contributed by atoms with Gasteiger partial charge in [0.1, 0.15) is 13.2 Å². The molecule has 0 aliphatic carbocycles. The van der Waals surface area contributed by atoms with Gasteiger partial charge in [0.25, 0.3) is 5.91 Å². The van der Waals surface area contributed by atoms with Crippen molar-refractivity contribution in [1.82, 2.24) is 9.62 Å². The highest BCUT2D eigenvalue weighted by Crippen LogP contribution is 2.30. The molecule has 0 spiro atoms. The highest BCUT2D eigenvalue weighted by molar-refractivity contribution is 7.89. The quantitative estimate of drug-likeness (QED) is 0.790. The monoisotopic (exact) mass is 370 g/mol. The standard InChI is InChI=1S/C16H22N2O6S/c1-18(2)25(20,21)10-12-8-22-9-13(12)17-16(19)11-3-4-14-15(7-11)24-6-5-23-14/h3-4,7,12-13H,5-6,8-10H2,1-2H3,(H,17,19)/t12-,13+/m0/s1. The molecule has 2 atom stereocenters. The van der Waals surface area contributed by atoms with Crippen molar-refractivity contribution in [2.45, 2.75) is 6.04 Å². The minimum atomic E-state index is -3.36. The van der Waals surface area contributed by atoms with Crippen molar-refractivity contribution in [3.05, 3.63) is 23.8 Å². The summed E-state index contributed by atoms with van der Waals surface area (Å²) in [6.45, 7) is 1.53. The number of hydrogen-bond acceptors (Lipinski definition) is 6. The summed E-state index contributed by atoms with van der Waals surface area (Å²) in [7, 11) is -0.374. The maximum Gasteiger partial charge on any atom is 0.251 e. The molecule has 2 heterocycles. The van der Waals surface area contributed by atoms with E-state index in [1.54, 1.807) is 18.2 Å². The van der Waals surface area contributed by atoms with Gasteiger partial charge < -0.3 is 19.5 Å². The van der Waals surface area contributed by atoms with Crippen LogP contribution in [0.1, 0.15) is 10.4 Å². The molecule has 25 heavy (non-hydrogen) atoms. The van der Waals surface area contributed by atoms with Gasteiger partial charge in [-0.15, -0.1) is 0 Å². The third kappa shape index (κ3) is 4.05. The molecule has 0 bridgehead atoms. The van der Waals surface area contributed by atoms with Gasteiger partial charge >= 0.3 is 0 Å². The van der Waals surface area contributed by atoms with E-state index in [0.29, 0.717) is 43.5 Å². The number of amides is 1.